The van der Waals surface area contributed by atoms with E-state index in [2.05, 4.69) is 27.6 Å². The molecule has 0 aliphatic heterocycles. The van der Waals surface area contributed by atoms with Gasteiger partial charge in [0.25, 0.3) is 5.91 Å². The van der Waals surface area contributed by atoms with Crippen molar-refractivity contribution in [2.45, 2.75) is 23.9 Å². The van der Waals surface area contributed by atoms with Crippen LogP contribution in [0.2, 0.25) is 10.0 Å². The topological polar surface area (TPSA) is 59.8 Å². The summed E-state index contributed by atoms with van der Waals surface area (Å²) >= 11 is 14.4. The van der Waals surface area contributed by atoms with Crippen LogP contribution in [0.3, 0.4) is 0 Å². The second kappa shape index (κ2) is 11.9. The summed E-state index contributed by atoms with van der Waals surface area (Å²) in [7, 11) is 0. The van der Waals surface area contributed by atoms with E-state index in [9.17, 15) is 4.79 Å². The lowest BCUT2D eigenvalue weighted by Crippen LogP contribution is -2.28. The third-order valence-corrected chi connectivity index (χ3v) is 7.56. The van der Waals surface area contributed by atoms with Crippen LogP contribution in [0.5, 0.6) is 0 Å². The van der Waals surface area contributed by atoms with Gasteiger partial charge in [0, 0.05) is 16.3 Å². The van der Waals surface area contributed by atoms with E-state index in [0.717, 1.165) is 16.7 Å². The SMILES string of the molecule is CC(NC(=O)c1ccc(-c2ccccc2)cc1)c1nnc(SCc2ccccc2)n1-c1cc(Cl)ccc1Cl. The van der Waals surface area contributed by atoms with Gasteiger partial charge in [0.1, 0.15) is 0 Å². The number of nitrogens with zero attached hydrogens (tertiary/aromatic N) is 3. The molecule has 0 bridgehead atoms. The molecule has 5 aromatic rings. The van der Waals surface area contributed by atoms with Crippen LogP contribution in [0.4, 0.5) is 0 Å². The Labute approximate surface area is 235 Å². The standard InChI is InChI=1S/C30H24Cl2N4OS/c1-20(33-29(37)24-14-12-23(13-15-24)22-10-6-3-7-11-22)28-34-35-30(38-19-21-8-4-2-5-9-21)36(28)27-18-25(31)16-17-26(27)32/h2-18,20H,19H2,1H3,(H,33,37). The number of carbonyl (C=O) groups is 1. The summed E-state index contributed by atoms with van der Waals surface area (Å²) in [6.07, 6.45) is 0. The van der Waals surface area contributed by atoms with Gasteiger partial charge in [-0.25, -0.2) is 0 Å². The van der Waals surface area contributed by atoms with Gasteiger partial charge in [-0.1, -0.05) is 108 Å². The van der Waals surface area contributed by atoms with Crippen LogP contribution in [0.15, 0.2) is 108 Å². The molecule has 4 aromatic carbocycles. The lowest BCUT2D eigenvalue weighted by Gasteiger charge is -2.17. The molecule has 1 aromatic heterocycles. The number of hydrogen-bond acceptors (Lipinski definition) is 4. The highest BCUT2D eigenvalue weighted by atomic mass is 35.5. The first kappa shape index (κ1) is 26.0. The van der Waals surface area contributed by atoms with Crippen molar-refractivity contribution in [3.05, 3.63) is 130 Å². The summed E-state index contributed by atoms with van der Waals surface area (Å²) in [5.41, 5.74) is 4.52. The van der Waals surface area contributed by atoms with Crippen LogP contribution < -0.4 is 5.32 Å². The molecule has 5 rings (SSSR count). The van der Waals surface area contributed by atoms with E-state index in [4.69, 9.17) is 23.2 Å². The fourth-order valence-electron chi connectivity index (χ4n) is 4.05. The first-order chi connectivity index (χ1) is 18.5. The van der Waals surface area contributed by atoms with Crippen molar-refractivity contribution >= 4 is 40.9 Å². The Morgan fingerprint density at radius 1 is 0.868 bits per heavy atom. The van der Waals surface area contributed by atoms with Gasteiger partial charge in [-0.2, -0.15) is 0 Å². The summed E-state index contributed by atoms with van der Waals surface area (Å²) in [4.78, 5) is 13.1. The van der Waals surface area contributed by atoms with Gasteiger partial charge in [0.05, 0.1) is 16.8 Å². The molecule has 38 heavy (non-hydrogen) atoms. The first-order valence-electron chi connectivity index (χ1n) is 12.0. The molecule has 0 aliphatic carbocycles. The maximum atomic E-state index is 13.1. The van der Waals surface area contributed by atoms with Crippen molar-refractivity contribution in [1.29, 1.82) is 0 Å². The molecular weight excluding hydrogens is 535 g/mol. The third-order valence-electron chi connectivity index (χ3n) is 6.01. The van der Waals surface area contributed by atoms with Gasteiger partial charge in [0.2, 0.25) is 0 Å². The lowest BCUT2D eigenvalue weighted by atomic mass is 10.0. The second-order valence-corrected chi connectivity index (χ2v) is 10.5. The molecule has 1 unspecified atom stereocenters. The molecular formula is C30H24Cl2N4OS. The largest absolute Gasteiger partial charge is 0.342 e. The average molecular weight is 560 g/mol. The van der Waals surface area contributed by atoms with Gasteiger partial charge in [0.15, 0.2) is 11.0 Å². The molecule has 1 heterocycles. The Hall–Kier alpha value is -3.58. The molecule has 8 heteroatoms. The molecule has 190 valence electrons. The summed E-state index contributed by atoms with van der Waals surface area (Å²) in [6, 6.07) is 32.5. The molecule has 0 saturated carbocycles. The number of amides is 1. The summed E-state index contributed by atoms with van der Waals surface area (Å²) in [5, 5.41) is 13.7. The highest BCUT2D eigenvalue weighted by Crippen LogP contribution is 2.32. The predicted molar refractivity (Wildman–Crippen MR) is 155 cm³/mol. The number of thioether (sulfide) groups is 1. The Kier molecular flexibility index (Phi) is 8.13. The van der Waals surface area contributed by atoms with Crippen LogP contribution in [0.25, 0.3) is 16.8 Å². The van der Waals surface area contributed by atoms with E-state index in [1.54, 1.807) is 18.2 Å². The monoisotopic (exact) mass is 558 g/mol. The normalized spacial score (nSPS) is 11.8. The molecule has 0 radical (unpaired) electrons. The van der Waals surface area contributed by atoms with E-state index < -0.39 is 6.04 Å². The molecule has 1 amide bonds. The molecule has 5 nitrogen and oxygen atoms in total. The van der Waals surface area contributed by atoms with E-state index in [-0.39, 0.29) is 5.91 Å². The van der Waals surface area contributed by atoms with Gasteiger partial charge in [-0.15, -0.1) is 10.2 Å². The van der Waals surface area contributed by atoms with Gasteiger partial charge in [-0.3, -0.25) is 9.36 Å². The number of halogens is 2. The zero-order chi connectivity index (χ0) is 26.5. The second-order valence-electron chi connectivity index (χ2n) is 8.68. The van der Waals surface area contributed by atoms with Gasteiger partial charge < -0.3 is 5.32 Å². The summed E-state index contributed by atoms with van der Waals surface area (Å²) in [5.74, 6) is 1.05. The van der Waals surface area contributed by atoms with Gasteiger partial charge in [-0.05, 0) is 53.9 Å². The van der Waals surface area contributed by atoms with Crippen molar-refractivity contribution < 1.29 is 4.79 Å². The maximum absolute atomic E-state index is 13.1. The third kappa shape index (κ3) is 5.94. The van der Waals surface area contributed by atoms with Crippen LogP contribution in [0, 0.1) is 0 Å². The van der Waals surface area contributed by atoms with Crippen molar-refractivity contribution in [2.75, 3.05) is 0 Å². The summed E-state index contributed by atoms with van der Waals surface area (Å²) < 4.78 is 1.87. The van der Waals surface area contributed by atoms with Crippen molar-refractivity contribution in [3.63, 3.8) is 0 Å². The molecule has 0 spiro atoms. The number of carbonyl (C=O) groups excluding carboxylic acids is 1. The maximum Gasteiger partial charge on any atom is 0.251 e. The molecule has 0 aliphatic rings. The van der Waals surface area contributed by atoms with E-state index >= 15 is 0 Å². The predicted octanol–water partition coefficient (Wildman–Crippen LogP) is 8.02. The number of rotatable bonds is 8. The number of hydrogen-bond donors (Lipinski definition) is 1. The Balaban J connectivity index is 1.40. The van der Waals surface area contributed by atoms with Crippen LogP contribution >= 0.6 is 35.0 Å². The summed E-state index contributed by atoms with van der Waals surface area (Å²) in [6.45, 7) is 1.88. The highest BCUT2D eigenvalue weighted by Gasteiger charge is 2.23. The minimum absolute atomic E-state index is 0.206. The van der Waals surface area contributed by atoms with Gasteiger partial charge >= 0.3 is 0 Å². The number of aromatic nitrogens is 3. The first-order valence-corrected chi connectivity index (χ1v) is 13.8. The molecule has 0 saturated heterocycles. The zero-order valence-electron chi connectivity index (χ0n) is 20.5. The molecule has 1 N–H and O–H groups in total. The fourth-order valence-corrected chi connectivity index (χ4v) is 5.33. The van der Waals surface area contributed by atoms with Crippen LogP contribution in [-0.4, -0.2) is 20.7 Å². The van der Waals surface area contributed by atoms with E-state index in [1.165, 1.54) is 11.8 Å². The van der Waals surface area contributed by atoms with Crippen LogP contribution in [-0.2, 0) is 5.75 Å². The Bertz CT molecular complexity index is 1540. The van der Waals surface area contributed by atoms with Crippen molar-refractivity contribution in [3.8, 4) is 16.8 Å². The van der Waals surface area contributed by atoms with E-state index in [0.29, 0.717) is 38.0 Å². The van der Waals surface area contributed by atoms with E-state index in [1.807, 2.05) is 84.3 Å². The minimum atomic E-state index is -0.454. The quantitative estimate of drug-likeness (QED) is 0.196. The van der Waals surface area contributed by atoms with Crippen molar-refractivity contribution in [1.82, 2.24) is 20.1 Å². The minimum Gasteiger partial charge on any atom is -0.342 e. The Morgan fingerprint density at radius 2 is 1.53 bits per heavy atom. The highest BCUT2D eigenvalue weighted by molar-refractivity contribution is 7.98. The fraction of sp³-hybridized carbons (Fsp3) is 0.100. The molecule has 0 fully saturated rings. The number of nitrogens with one attached hydrogen (secondary N) is 1. The lowest BCUT2D eigenvalue weighted by molar-refractivity contribution is 0.0938. The van der Waals surface area contributed by atoms with Crippen LogP contribution in [0.1, 0.15) is 34.7 Å². The zero-order valence-corrected chi connectivity index (χ0v) is 22.8. The smallest absolute Gasteiger partial charge is 0.251 e. The molecule has 1 atom stereocenters. The average Bonchev–Trinajstić information content (AvgIpc) is 3.38. The number of benzene rings is 4. The van der Waals surface area contributed by atoms with Crippen molar-refractivity contribution in [2.24, 2.45) is 0 Å². The Morgan fingerprint density at radius 3 is 2.24 bits per heavy atom.